The lowest BCUT2D eigenvalue weighted by Gasteiger charge is -2.26. The molecule has 8 heteroatoms. The molecule has 1 aromatic rings. The molecule has 1 aliphatic heterocycles. The highest BCUT2D eigenvalue weighted by atomic mass is 32.2. The van der Waals surface area contributed by atoms with Crippen molar-refractivity contribution in [2.45, 2.75) is 56.4 Å². The molecule has 2 heterocycles. The summed E-state index contributed by atoms with van der Waals surface area (Å²) in [6.45, 7) is 3.80. The van der Waals surface area contributed by atoms with Gasteiger partial charge in [-0.2, -0.15) is 18.3 Å². The summed E-state index contributed by atoms with van der Waals surface area (Å²) >= 11 is 0. The van der Waals surface area contributed by atoms with Gasteiger partial charge in [0.15, 0.2) is 5.69 Å². The van der Waals surface area contributed by atoms with E-state index in [9.17, 15) is 17.4 Å². The number of alkyl halides is 3. The van der Waals surface area contributed by atoms with Crippen molar-refractivity contribution in [3.63, 3.8) is 0 Å². The van der Waals surface area contributed by atoms with Gasteiger partial charge < -0.3 is 0 Å². The van der Waals surface area contributed by atoms with E-state index in [4.69, 9.17) is 0 Å². The minimum absolute atomic E-state index is 0.175. The highest BCUT2D eigenvalue weighted by molar-refractivity contribution is 7.85. The number of fused-ring (bicyclic) bond motifs is 1. The summed E-state index contributed by atoms with van der Waals surface area (Å²) in [6, 6.07) is -0.175. The average Bonchev–Trinajstić information content (AvgIpc) is 2.85. The maximum Gasteiger partial charge on any atom is 0.435 e. The lowest BCUT2D eigenvalue weighted by atomic mass is 9.94. The summed E-state index contributed by atoms with van der Waals surface area (Å²) < 4.78 is 53.5. The van der Waals surface area contributed by atoms with Gasteiger partial charge in [0.1, 0.15) is 0 Å². The van der Waals surface area contributed by atoms with Gasteiger partial charge in [-0.3, -0.25) is 8.89 Å². The van der Waals surface area contributed by atoms with Gasteiger partial charge in [0, 0.05) is 33.6 Å². The Labute approximate surface area is 132 Å². The summed E-state index contributed by atoms with van der Waals surface area (Å²) in [6.07, 6.45) is -2.36. The highest BCUT2D eigenvalue weighted by Crippen LogP contribution is 2.51. The molecule has 0 saturated carbocycles. The third kappa shape index (κ3) is 2.64. The zero-order chi connectivity index (χ0) is 16.3. The molecule has 5 atom stereocenters. The standard InChI is InChI=1S/C14H20F3N2OPS/c1-8-11-10(6-13(8,2)21)19(18-12(11)14(15,16)17)9-4-3-5-22(20)7-9/h8-9H,3-7,21H2,1-2H3. The minimum Gasteiger partial charge on any atom is -0.265 e. The van der Waals surface area contributed by atoms with E-state index < -0.39 is 22.7 Å². The van der Waals surface area contributed by atoms with Crippen LogP contribution in [0.2, 0.25) is 0 Å². The first-order chi connectivity index (χ1) is 10.1. The molecule has 1 aliphatic carbocycles. The van der Waals surface area contributed by atoms with E-state index in [1.54, 1.807) is 4.68 Å². The van der Waals surface area contributed by atoms with Crippen LogP contribution in [-0.4, -0.2) is 30.7 Å². The van der Waals surface area contributed by atoms with Gasteiger partial charge in [0.2, 0.25) is 0 Å². The molecule has 2 aliphatic rings. The Morgan fingerprint density at radius 1 is 1.45 bits per heavy atom. The van der Waals surface area contributed by atoms with E-state index in [2.05, 4.69) is 14.3 Å². The first-order valence-corrected chi connectivity index (χ1v) is 9.50. The molecule has 124 valence electrons. The first-order valence-electron chi connectivity index (χ1n) is 7.43. The molecular formula is C14H20F3N2OPS. The largest absolute Gasteiger partial charge is 0.435 e. The van der Waals surface area contributed by atoms with Crippen molar-refractivity contribution >= 4 is 20.0 Å². The van der Waals surface area contributed by atoms with E-state index >= 15 is 0 Å². The van der Waals surface area contributed by atoms with Crippen molar-refractivity contribution in [2.75, 3.05) is 11.5 Å². The second kappa shape index (κ2) is 5.30. The van der Waals surface area contributed by atoms with Crippen LogP contribution in [0.25, 0.3) is 0 Å². The monoisotopic (exact) mass is 352 g/mol. The van der Waals surface area contributed by atoms with Gasteiger partial charge >= 0.3 is 6.18 Å². The van der Waals surface area contributed by atoms with Crippen molar-refractivity contribution in [1.82, 2.24) is 9.78 Å². The van der Waals surface area contributed by atoms with Crippen molar-refractivity contribution in [2.24, 2.45) is 0 Å². The van der Waals surface area contributed by atoms with Crippen LogP contribution in [0.5, 0.6) is 0 Å². The quantitative estimate of drug-likeness (QED) is 0.727. The fourth-order valence-corrected chi connectivity index (χ4v) is 5.27. The first kappa shape index (κ1) is 16.4. The van der Waals surface area contributed by atoms with Crippen LogP contribution in [0.15, 0.2) is 0 Å². The molecule has 1 fully saturated rings. The summed E-state index contributed by atoms with van der Waals surface area (Å²) in [5.41, 5.74) is 0.264. The Hall–Kier alpha value is -0.420. The van der Waals surface area contributed by atoms with Crippen molar-refractivity contribution in [1.29, 1.82) is 0 Å². The number of rotatable bonds is 1. The van der Waals surface area contributed by atoms with Gasteiger partial charge in [-0.25, -0.2) is 0 Å². The molecule has 3 rings (SSSR count). The van der Waals surface area contributed by atoms with Crippen LogP contribution < -0.4 is 0 Å². The molecule has 0 aromatic carbocycles. The summed E-state index contributed by atoms with van der Waals surface area (Å²) in [5.74, 6) is 0.837. The fraction of sp³-hybridized carbons (Fsp3) is 0.786. The number of nitrogens with zero attached hydrogens (tertiary/aromatic N) is 2. The third-order valence-electron chi connectivity index (χ3n) is 4.92. The number of hydrogen-bond donors (Lipinski definition) is 0. The summed E-state index contributed by atoms with van der Waals surface area (Å²) in [4.78, 5) is 0. The van der Waals surface area contributed by atoms with Crippen LogP contribution in [0, 0.1) is 0 Å². The van der Waals surface area contributed by atoms with Crippen LogP contribution in [0.3, 0.4) is 0 Å². The predicted molar refractivity (Wildman–Crippen MR) is 83.6 cm³/mol. The molecule has 0 radical (unpaired) electrons. The van der Waals surface area contributed by atoms with E-state index in [1.165, 1.54) is 0 Å². The van der Waals surface area contributed by atoms with Crippen LogP contribution in [-0.2, 0) is 23.4 Å². The molecule has 0 N–H and O–H groups in total. The maximum absolute atomic E-state index is 13.4. The summed E-state index contributed by atoms with van der Waals surface area (Å²) in [5, 5.41) is 3.64. The normalized spacial score (nSPS) is 35.6. The van der Waals surface area contributed by atoms with E-state index in [1.807, 2.05) is 13.8 Å². The molecule has 3 nitrogen and oxygen atoms in total. The van der Waals surface area contributed by atoms with E-state index in [0.29, 0.717) is 29.2 Å². The molecule has 0 spiro atoms. The Morgan fingerprint density at radius 2 is 2.14 bits per heavy atom. The Balaban J connectivity index is 2.10. The molecule has 22 heavy (non-hydrogen) atoms. The Bertz CT molecular complexity index is 626. The SMILES string of the molecule is CC1c2c(C(F)(F)F)nn(C3CCCS(=O)C3)c2CC1(C)P. The zero-order valence-corrected chi connectivity index (χ0v) is 14.6. The summed E-state index contributed by atoms with van der Waals surface area (Å²) in [7, 11) is 1.74. The number of aromatic nitrogens is 2. The van der Waals surface area contributed by atoms with Crippen molar-refractivity contribution in [3.05, 3.63) is 17.0 Å². The van der Waals surface area contributed by atoms with Gasteiger partial charge in [-0.15, -0.1) is 9.24 Å². The molecule has 1 aromatic heterocycles. The topological polar surface area (TPSA) is 34.9 Å². The number of hydrogen-bond acceptors (Lipinski definition) is 2. The smallest absolute Gasteiger partial charge is 0.265 e. The predicted octanol–water partition coefficient (Wildman–Crippen LogP) is 3.28. The second-order valence-electron chi connectivity index (χ2n) is 6.66. The lowest BCUT2D eigenvalue weighted by Crippen LogP contribution is -2.28. The highest BCUT2D eigenvalue weighted by Gasteiger charge is 2.48. The third-order valence-corrected chi connectivity index (χ3v) is 7.13. The van der Waals surface area contributed by atoms with Crippen LogP contribution >= 0.6 is 9.24 Å². The van der Waals surface area contributed by atoms with Crippen molar-refractivity contribution in [3.8, 4) is 0 Å². The van der Waals surface area contributed by atoms with E-state index in [0.717, 1.165) is 12.8 Å². The Kier molecular flexibility index (Phi) is 3.96. The van der Waals surface area contributed by atoms with Gasteiger partial charge in [-0.1, -0.05) is 13.8 Å². The minimum atomic E-state index is -4.44. The van der Waals surface area contributed by atoms with Crippen LogP contribution in [0.4, 0.5) is 13.2 Å². The lowest BCUT2D eigenvalue weighted by molar-refractivity contribution is -0.142. The second-order valence-corrected chi connectivity index (χ2v) is 9.60. The van der Waals surface area contributed by atoms with Crippen LogP contribution in [0.1, 0.15) is 55.6 Å². The average molecular weight is 352 g/mol. The maximum atomic E-state index is 13.4. The van der Waals surface area contributed by atoms with Gasteiger partial charge in [0.25, 0.3) is 0 Å². The van der Waals surface area contributed by atoms with Gasteiger partial charge in [0.05, 0.1) is 6.04 Å². The van der Waals surface area contributed by atoms with Crippen molar-refractivity contribution < 1.29 is 17.4 Å². The molecule has 5 unspecified atom stereocenters. The number of halogens is 3. The van der Waals surface area contributed by atoms with E-state index in [-0.39, 0.29) is 17.1 Å². The zero-order valence-electron chi connectivity index (χ0n) is 12.6. The Morgan fingerprint density at radius 3 is 2.73 bits per heavy atom. The van der Waals surface area contributed by atoms with Gasteiger partial charge in [-0.05, 0) is 30.3 Å². The molecule has 0 bridgehead atoms. The molecular weight excluding hydrogens is 332 g/mol. The fourth-order valence-electron chi connectivity index (χ4n) is 3.52. The molecule has 1 saturated heterocycles. The molecule has 0 amide bonds.